The van der Waals surface area contributed by atoms with Crippen molar-refractivity contribution in [3.63, 3.8) is 0 Å². The smallest absolute Gasteiger partial charge is 0.163 e. The number of aromatic nitrogens is 3. The maximum Gasteiger partial charge on any atom is 0.163 e. The van der Waals surface area contributed by atoms with Gasteiger partial charge < -0.3 is 15.4 Å². The average Bonchev–Trinajstić information content (AvgIpc) is 3.16. The predicted molar refractivity (Wildman–Crippen MR) is 92.7 cm³/mol. The van der Waals surface area contributed by atoms with Crippen molar-refractivity contribution in [2.45, 2.75) is 25.8 Å². The Morgan fingerprint density at radius 1 is 1.33 bits per heavy atom. The summed E-state index contributed by atoms with van der Waals surface area (Å²) in [5.41, 5.74) is 3.31. The summed E-state index contributed by atoms with van der Waals surface area (Å²) in [6, 6.07) is 3.92. The molecule has 0 spiro atoms. The fourth-order valence-electron chi connectivity index (χ4n) is 3.34. The zero-order valence-corrected chi connectivity index (χ0v) is 13.8. The van der Waals surface area contributed by atoms with Crippen LogP contribution in [-0.4, -0.2) is 41.3 Å². The monoisotopic (exact) mass is 325 g/mol. The molecule has 2 aromatic heterocycles. The molecule has 0 aromatic carbocycles. The predicted octanol–water partition coefficient (Wildman–Crippen LogP) is 2.02. The summed E-state index contributed by atoms with van der Waals surface area (Å²) in [4.78, 5) is 13.7. The second-order valence-electron chi connectivity index (χ2n) is 6.43. The van der Waals surface area contributed by atoms with Gasteiger partial charge in [0.1, 0.15) is 5.82 Å². The average molecular weight is 325 g/mol. The standard InChI is InChI=1S/C18H23N5O/c1-2-14(10-19-6-1)17-22-16-11-20-7-4-15(16)18(23-17)21-8-3-13-5-9-24-12-13/h1-2,6,10,13,20H,3-5,7-9,11-12H2,(H,21,22,23). The van der Waals surface area contributed by atoms with Crippen LogP contribution in [-0.2, 0) is 17.7 Å². The highest BCUT2D eigenvalue weighted by molar-refractivity contribution is 5.59. The van der Waals surface area contributed by atoms with Gasteiger partial charge in [-0.15, -0.1) is 0 Å². The molecular weight excluding hydrogens is 302 g/mol. The number of anilines is 1. The van der Waals surface area contributed by atoms with Crippen molar-refractivity contribution in [2.75, 3.05) is 31.6 Å². The van der Waals surface area contributed by atoms with E-state index in [1.807, 2.05) is 18.3 Å². The Morgan fingerprint density at radius 2 is 2.33 bits per heavy atom. The first-order chi connectivity index (χ1) is 11.9. The highest BCUT2D eigenvalue weighted by Crippen LogP contribution is 2.25. The van der Waals surface area contributed by atoms with Gasteiger partial charge in [-0.25, -0.2) is 9.97 Å². The van der Waals surface area contributed by atoms with Crippen LogP contribution < -0.4 is 10.6 Å². The van der Waals surface area contributed by atoms with Gasteiger partial charge in [-0.05, 0) is 43.9 Å². The van der Waals surface area contributed by atoms with E-state index in [1.165, 1.54) is 12.0 Å². The molecule has 6 nitrogen and oxygen atoms in total. The summed E-state index contributed by atoms with van der Waals surface area (Å²) in [6.07, 6.45) is 6.86. The molecule has 24 heavy (non-hydrogen) atoms. The van der Waals surface area contributed by atoms with Crippen LogP contribution >= 0.6 is 0 Å². The van der Waals surface area contributed by atoms with Crippen molar-refractivity contribution in [1.82, 2.24) is 20.3 Å². The van der Waals surface area contributed by atoms with E-state index in [0.717, 1.165) is 68.6 Å². The van der Waals surface area contributed by atoms with Crippen molar-refractivity contribution >= 4 is 5.82 Å². The summed E-state index contributed by atoms with van der Waals surface area (Å²) in [5.74, 6) is 2.41. The van der Waals surface area contributed by atoms with Gasteiger partial charge in [0.05, 0.1) is 5.69 Å². The minimum Gasteiger partial charge on any atom is -0.381 e. The topological polar surface area (TPSA) is 72.0 Å². The fourth-order valence-corrected chi connectivity index (χ4v) is 3.34. The fraction of sp³-hybridized carbons (Fsp3) is 0.500. The van der Waals surface area contributed by atoms with Crippen LogP contribution in [0.3, 0.4) is 0 Å². The molecule has 1 fully saturated rings. The molecular formula is C18H23N5O. The minimum atomic E-state index is 0.676. The number of hydrogen-bond donors (Lipinski definition) is 2. The number of nitrogens with zero attached hydrogens (tertiary/aromatic N) is 3. The van der Waals surface area contributed by atoms with Crippen LogP contribution in [0.1, 0.15) is 24.1 Å². The summed E-state index contributed by atoms with van der Waals surface area (Å²) in [7, 11) is 0. The Balaban J connectivity index is 1.56. The second-order valence-corrected chi connectivity index (χ2v) is 6.43. The van der Waals surface area contributed by atoms with Gasteiger partial charge in [-0.2, -0.15) is 0 Å². The second kappa shape index (κ2) is 7.23. The number of nitrogens with one attached hydrogen (secondary N) is 2. The first kappa shape index (κ1) is 15.5. The van der Waals surface area contributed by atoms with Crippen LogP contribution in [0.5, 0.6) is 0 Å². The molecule has 4 rings (SSSR count). The van der Waals surface area contributed by atoms with Crippen molar-refractivity contribution < 1.29 is 4.74 Å². The van der Waals surface area contributed by atoms with Gasteiger partial charge in [0, 0.05) is 49.8 Å². The van der Waals surface area contributed by atoms with E-state index in [2.05, 4.69) is 15.6 Å². The highest BCUT2D eigenvalue weighted by Gasteiger charge is 2.19. The van der Waals surface area contributed by atoms with Crippen molar-refractivity contribution in [3.8, 4) is 11.4 Å². The van der Waals surface area contributed by atoms with Gasteiger partial charge in [-0.3, -0.25) is 4.98 Å². The maximum absolute atomic E-state index is 5.46. The molecule has 0 saturated carbocycles. The molecule has 2 aliphatic heterocycles. The Kier molecular flexibility index (Phi) is 4.66. The van der Waals surface area contributed by atoms with E-state index in [4.69, 9.17) is 14.7 Å². The van der Waals surface area contributed by atoms with Crippen LogP contribution in [0.4, 0.5) is 5.82 Å². The minimum absolute atomic E-state index is 0.676. The van der Waals surface area contributed by atoms with E-state index in [0.29, 0.717) is 5.92 Å². The number of fused-ring (bicyclic) bond motifs is 1. The molecule has 6 heteroatoms. The van der Waals surface area contributed by atoms with Crippen LogP contribution in [0.25, 0.3) is 11.4 Å². The maximum atomic E-state index is 5.46. The molecule has 0 bridgehead atoms. The largest absolute Gasteiger partial charge is 0.381 e. The Bertz CT molecular complexity index is 685. The normalized spacial score (nSPS) is 19.9. The van der Waals surface area contributed by atoms with Crippen molar-refractivity contribution in [3.05, 3.63) is 35.8 Å². The summed E-state index contributed by atoms with van der Waals surface area (Å²) < 4.78 is 5.46. The molecule has 126 valence electrons. The highest BCUT2D eigenvalue weighted by atomic mass is 16.5. The molecule has 4 heterocycles. The molecule has 0 radical (unpaired) electrons. The number of pyridine rings is 1. The zero-order valence-electron chi connectivity index (χ0n) is 13.8. The van der Waals surface area contributed by atoms with Crippen LogP contribution in [0.2, 0.25) is 0 Å². The van der Waals surface area contributed by atoms with Crippen molar-refractivity contribution in [1.29, 1.82) is 0 Å². The summed E-state index contributed by atoms with van der Waals surface area (Å²) >= 11 is 0. The Hall–Kier alpha value is -2.05. The summed E-state index contributed by atoms with van der Waals surface area (Å²) in [5, 5.41) is 6.95. The molecule has 0 amide bonds. The molecule has 1 saturated heterocycles. The third-order valence-corrected chi connectivity index (χ3v) is 4.73. The number of rotatable bonds is 5. The van der Waals surface area contributed by atoms with Crippen molar-refractivity contribution in [2.24, 2.45) is 5.92 Å². The third-order valence-electron chi connectivity index (χ3n) is 4.73. The number of hydrogen-bond acceptors (Lipinski definition) is 6. The zero-order chi connectivity index (χ0) is 16.2. The number of ether oxygens (including phenoxy) is 1. The lowest BCUT2D eigenvalue weighted by Gasteiger charge is -2.21. The van der Waals surface area contributed by atoms with E-state index >= 15 is 0 Å². The van der Waals surface area contributed by atoms with Crippen LogP contribution in [0, 0.1) is 5.92 Å². The van der Waals surface area contributed by atoms with Gasteiger partial charge in [0.2, 0.25) is 0 Å². The molecule has 1 unspecified atom stereocenters. The lowest BCUT2D eigenvalue weighted by Crippen LogP contribution is -2.27. The lowest BCUT2D eigenvalue weighted by molar-refractivity contribution is 0.185. The first-order valence-corrected chi connectivity index (χ1v) is 8.72. The third kappa shape index (κ3) is 3.39. The lowest BCUT2D eigenvalue weighted by atomic mass is 10.0. The molecule has 0 aliphatic carbocycles. The van der Waals surface area contributed by atoms with Gasteiger partial charge >= 0.3 is 0 Å². The van der Waals surface area contributed by atoms with E-state index in [-0.39, 0.29) is 0 Å². The molecule has 2 N–H and O–H groups in total. The Labute approximate surface area is 142 Å². The SMILES string of the molecule is c1cncc(-c2nc3c(c(NCCC4CCOC4)n2)CCNC3)c1. The molecule has 2 aromatic rings. The van der Waals surface area contributed by atoms with Gasteiger partial charge in [0.25, 0.3) is 0 Å². The summed E-state index contributed by atoms with van der Waals surface area (Å²) in [6.45, 7) is 4.51. The van der Waals surface area contributed by atoms with Crippen LogP contribution in [0.15, 0.2) is 24.5 Å². The van der Waals surface area contributed by atoms with E-state index in [9.17, 15) is 0 Å². The van der Waals surface area contributed by atoms with E-state index in [1.54, 1.807) is 6.20 Å². The quantitative estimate of drug-likeness (QED) is 0.876. The van der Waals surface area contributed by atoms with E-state index < -0.39 is 0 Å². The Morgan fingerprint density at radius 3 is 3.17 bits per heavy atom. The molecule has 1 atom stereocenters. The van der Waals surface area contributed by atoms with Gasteiger partial charge in [0.15, 0.2) is 5.82 Å². The first-order valence-electron chi connectivity index (χ1n) is 8.72. The molecule has 2 aliphatic rings. The van der Waals surface area contributed by atoms with Gasteiger partial charge in [-0.1, -0.05) is 0 Å².